The van der Waals surface area contributed by atoms with Gasteiger partial charge in [-0.15, -0.1) is 0 Å². The van der Waals surface area contributed by atoms with Crippen LogP contribution in [0.1, 0.15) is 37.0 Å². The van der Waals surface area contributed by atoms with Crippen molar-refractivity contribution in [1.82, 2.24) is 0 Å². The average molecular weight is 274 g/mol. The van der Waals surface area contributed by atoms with Crippen LogP contribution in [-0.4, -0.2) is 25.5 Å². The standard InChI is InChI=1S/C14H17F3O2/c1-9(2)10-3-5-11(6-4-10)13(14(15,16)17)19-8-12-7-18-12/h3-6,9,12-13H,7-8H2,1-2H3/t12-,13+/m0/s1. The van der Waals surface area contributed by atoms with Crippen molar-refractivity contribution in [2.45, 2.75) is 38.1 Å². The molecule has 0 radical (unpaired) electrons. The molecule has 2 atom stereocenters. The molecule has 2 rings (SSSR count). The molecular formula is C14H17F3O2. The first-order chi connectivity index (χ1) is 8.88. The zero-order chi connectivity index (χ0) is 14.0. The van der Waals surface area contributed by atoms with E-state index < -0.39 is 12.3 Å². The number of hydrogen-bond acceptors (Lipinski definition) is 2. The third-order valence-corrected chi connectivity index (χ3v) is 3.05. The molecule has 1 aliphatic heterocycles. The summed E-state index contributed by atoms with van der Waals surface area (Å²) in [6.45, 7) is 4.46. The summed E-state index contributed by atoms with van der Waals surface area (Å²) in [6, 6.07) is 6.41. The minimum absolute atomic E-state index is 0.0177. The van der Waals surface area contributed by atoms with Crippen LogP contribution in [0.3, 0.4) is 0 Å². The molecule has 106 valence electrons. The van der Waals surface area contributed by atoms with Crippen LogP contribution >= 0.6 is 0 Å². The van der Waals surface area contributed by atoms with Gasteiger partial charge in [-0.25, -0.2) is 0 Å². The van der Waals surface area contributed by atoms with Gasteiger partial charge in [-0.3, -0.25) is 0 Å². The third-order valence-electron chi connectivity index (χ3n) is 3.05. The Morgan fingerprint density at radius 2 is 1.74 bits per heavy atom. The smallest absolute Gasteiger partial charge is 0.371 e. The van der Waals surface area contributed by atoms with E-state index in [4.69, 9.17) is 9.47 Å². The summed E-state index contributed by atoms with van der Waals surface area (Å²) in [5, 5.41) is 0. The van der Waals surface area contributed by atoms with Crippen molar-refractivity contribution in [3.63, 3.8) is 0 Å². The predicted octanol–water partition coefficient (Wildman–Crippen LogP) is 3.83. The van der Waals surface area contributed by atoms with Crippen LogP contribution in [0.25, 0.3) is 0 Å². The molecule has 1 aromatic rings. The normalized spacial score (nSPS) is 20.6. The highest BCUT2D eigenvalue weighted by Gasteiger charge is 2.43. The lowest BCUT2D eigenvalue weighted by molar-refractivity contribution is -0.224. The lowest BCUT2D eigenvalue weighted by Gasteiger charge is -2.21. The van der Waals surface area contributed by atoms with E-state index in [0.717, 1.165) is 5.56 Å². The Bertz CT molecular complexity index is 408. The largest absolute Gasteiger partial charge is 0.418 e. The van der Waals surface area contributed by atoms with E-state index in [9.17, 15) is 13.2 Å². The van der Waals surface area contributed by atoms with Crippen LogP contribution in [0, 0.1) is 0 Å². The minimum Gasteiger partial charge on any atom is -0.371 e. The van der Waals surface area contributed by atoms with Gasteiger partial charge in [0.1, 0.15) is 6.10 Å². The topological polar surface area (TPSA) is 21.8 Å². The van der Waals surface area contributed by atoms with Crippen LogP contribution in [0.15, 0.2) is 24.3 Å². The van der Waals surface area contributed by atoms with Gasteiger partial charge in [0.2, 0.25) is 0 Å². The highest BCUT2D eigenvalue weighted by molar-refractivity contribution is 5.27. The van der Waals surface area contributed by atoms with Gasteiger partial charge in [0.25, 0.3) is 0 Å². The molecule has 5 heteroatoms. The van der Waals surface area contributed by atoms with Gasteiger partial charge in [0.05, 0.1) is 13.2 Å². The highest BCUT2D eigenvalue weighted by atomic mass is 19.4. The van der Waals surface area contributed by atoms with E-state index in [0.29, 0.717) is 12.5 Å². The zero-order valence-electron chi connectivity index (χ0n) is 10.9. The number of rotatable bonds is 5. The van der Waals surface area contributed by atoms with E-state index in [2.05, 4.69) is 0 Å². The van der Waals surface area contributed by atoms with Gasteiger partial charge < -0.3 is 9.47 Å². The molecule has 0 saturated carbocycles. The van der Waals surface area contributed by atoms with Crippen LogP contribution < -0.4 is 0 Å². The van der Waals surface area contributed by atoms with E-state index in [1.807, 2.05) is 13.8 Å². The average Bonchev–Trinajstić information content (AvgIpc) is 3.12. The van der Waals surface area contributed by atoms with Crippen molar-refractivity contribution in [2.75, 3.05) is 13.2 Å². The monoisotopic (exact) mass is 274 g/mol. The molecule has 0 amide bonds. The highest BCUT2D eigenvalue weighted by Crippen LogP contribution is 2.36. The zero-order valence-corrected chi connectivity index (χ0v) is 10.9. The molecule has 0 N–H and O–H groups in total. The van der Waals surface area contributed by atoms with Crippen LogP contribution in [0.4, 0.5) is 13.2 Å². The molecule has 1 aliphatic rings. The number of benzene rings is 1. The van der Waals surface area contributed by atoms with E-state index in [1.165, 1.54) is 12.1 Å². The second kappa shape index (κ2) is 5.51. The second-order valence-corrected chi connectivity index (χ2v) is 5.03. The Hall–Kier alpha value is -1.07. The number of halogens is 3. The van der Waals surface area contributed by atoms with Gasteiger partial charge in [-0.1, -0.05) is 38.1 Å². The van der Waals surface area contributed by atoms with Crippen molar-refractivity contribution >= 4 is 0 Å². The van der Waals surface area contributed by atoms with Gasteiger partial charge in [0.15, 0.2) is 6.10 Å². The van der Waals surface area contributed by atoms with Gasteiger partial charge in [-0.2, -0.15) is 13.2 Å². The molecule has 1 heterocycles. The Morgan fingerprint density at radius 1 is 1.21 bits per heavy atom. The van der Waals surface area contributed by atoms with Gasteiger partial charge in [0, 0.05) is 0 Å². The Balaban J connectivity index is 2.11. The lowest BCUT2D eigenvalue weighted by atomic mass is 10.00. The fraction of sp³-hybridized carbons (Fsp3) is 0.571. The van der Waals surface area contributed by atoms with E-state index in [1.54, 1.807) is 12.1 Å². The SMILES string of the molecule is CC(C)c1ccc([C@@H](OC[C@@H]2CO2)C(F)(F)F)cc1. The van der Waals surface area contributed by atoms with Crippen molar-refractivity contribution < 1.29 is 22.6 Å². The molecule has 1 fully saturated rings. The Labute approximate surface area is 110 Å². The first-order valence-electron chi connectivity index (χ1n) is 6.27. The summed E-state index contributed by atoms with van der Waals surface area (Å²) in [6.07, 6.45) is -6.47. The second-order valence-electron chi connectivity index (χ2n) is 5.03. The minimum atomic E-state index is -4.41. The summed E-state index contributed by atoms with van der Waals surface area (Å²) in [5.41, 5.74) is 1.15. The van der Waals surface area contributed by atoms with Crippen molar-refractivity contribution in [2.24, 2.45) is 0 Å². The summed E-state index contributed by atoms with van der Waals surface area (Å²) in [5.74, 6) is 0.291. The number of hydrogen-bond donors (Lipinski definition) is 0. The van der Waals surface area contributed by atoms with Gasteiger partial charge in [-0.05, 0) is 17.0 Å². The lowest BCUT2D eigenvalue weighted by Crippen LogP contribution is -2.25. The summed E-state index contributed by atoms with van der Waals surface area (Å²) < 4.78 is 48.7. The van der Waals surface area contributed by atoms with Crippen molar-refractivity contribution in [1.29, 1.82) is 0 Å². The third kappa shape index (κ3) is 3.94. The molecule has 0 aliphatic carbocycles. The maximum Gasteiger partial charge on any atom is 0.418 e. The molecule has 0 unspecified atom stereocenters. The molecule has 1 aromatic carbocycles. The fourth-order valence-corrected chi connectivity index (χ4v) is 1.80. The first-order valence-corrected chi connectivity index (χ1v) is 6.27. The van der Waals surface area contributed by atoms with Crippen molar-refractivity contribution in [3.05, 3.63) is 35.4 Å². The van der Waals surface area contributed by atoms with Gasteiger partial charge >= 0.3 is 6.18 Å². The predicted molar refractivity (Wildman–Crippen MR) is 65.0 cm³/mol. The van der Waals surface area contributed by atoms with E-state index in [-0.39, 0.29) is 18.3 Å². The molecule has 0 aromatic heterocycles. The number of ether oxygens (including phenoxy) is 2. The first kappa shape index (κ1) is 14.3. The molecule has 0 spiro atoms. The molecule has 19 heavy (non-hydrogen) atoms. The Kier molecular flexibility index (Phi) is 4.16. The number of epoxide rings is 1. The van der Waals surface area contributed by atoms with Crippen LogP contribution in [0.5, 0.6) is 0 Å². The maximum absolute atomic E-state index is 13.0. The Morgan fingerprint density at radius 3 is 2.16 bits per heavy atom. The molecule has 1 saturated heterocycles. The fourth-order valence-electron chi connectivity index (χ4n) is 1.80. The van der Waals surface area contributed by atoms with E-state index >= 15 is 0 Å². The molecule has 0 bridgehead atoms. The summed E-state index contributed by atoms with van der Waals surface area (Å²) in [7, 11) is 0. The van der Waals surface area contributed by atoms with Crippen LogP contribution in [0.2, 0.25) is 0 Å². The quantitative estimate of drug-likeness (QED) is 0.761. The van der Waals surface area contributed by atoms with Crippen molar-refractivity contribution in [3.8, 4) is 0 Å². The van der Waals surface area contributed by atoms with Crippen LogP contribution in [-0.2, 0) is 9.47 Å². The molecular weight excluding hydrogens is 257 g/mol. The maximum atomic E-state index is 13.0. The number of alkyl halides is 3. The summed E-state index contributed by atoms with van der Waals surface area (Å²) >= 11 is 0. The summed E-state index contributed by atoms with van der Waals surface area (Å²) in [4.78, 5) is 0. The molecule has 2 nitrogen and oxygen atoms in total.